The number of anilines is 1. The van der Waals surface area contributed by atoms with E-state index in [2.05, 4.69) is 26.2 Å². The summed E-state index contributed by atoms with van der Waals surface area (Å²) in [5, 5.41) is 2.73. The second-order valence-corrected chi connectivity index (χ2v) is 6.68. The fraction of sp³-hybridized carbons (Fsp3) is 0.0500. The van der Waals surface area contributed by atoms with Crippen LogP contribution in [0.1, 0.15) is 26.3 Å². The van der Waals surface area contributed by atoms with E-state index in [1.165, 1.54) is 24.4 Å². The Labute approximate surface area is 168 Å². The molecule has 8 heteroatoms. The van der Waals surface area contributed by atoms with Gasteiger partial charge in [-0.1, -0.05) is 6.07 Å². The maximum Gasteiger partial charge on any atom is 0.261 e. The fourth-order valence-corrected chi connectivity index (χ4v) is 2.97. The highest BCUT2D eigenvalue weighted by Crippen LogP contribution is 2.31. The number of pyridine rings is 1. The maximum absolute atomic E-state index is 13.3. The lowest BCUT2D eigenvalue weighted by atomic mass is 10.1. The summed E-state index contributed by atoms with van der Waals surface area (Å²) >= 11 is 3.21. The molecule has 0 bridgehead atoms. The molecule has 0 aliphatic heterocycles. The summed E-state index contributed by atoms with van der Waals surface area (Å²) in [6, 6.07) is 11.9. The van der Waals surface area contributed by atoms with E-state index < -0.39 is 17.6 Å². The topological polar surface area (TPSA) is 94.3 Å². The molecule has 0 fully saturated rings. The third-order valence-corrected chi connectivity index (χ3v) is 4.58. The first-order valence-electron chi connectivity index (χ1n) is 8.15. The van der Waals surface area contributed by atoms with Gasteiger partial charge in [-0.3, -0.25) is 9.59 Å². The lowest BCUT2D eigenvalue weighted by Gasteiger charge is -2.13. The molecule has 0 saturated heterocycles. The Kier molecular flexibility index (Phi) is 5.70. The highest BCUT2D eigenvalue weighted by molar-refractivity contribution is 9.10. The van der Waals surface area contributed by atoms with Gasteiger partial charge >= 0.3 is 0 Å². The average Bonchev–Trinajstić information content (AvgIpc) is 2.66. The number of ether oxygens (including phenoxy) is 1. The molecule has 3 N–H and O–H groups in total. The first-order valence-corrected chi connectivity index (χ1v) is 8.95. The number of aromatic nitrogens is 1. The number of nitrogens with zero attached hydrogens (tertiary/aromatic N) is 1. The van der Waals surface area contributed by atoms with E-state index >= 15 is 0 Å². The third-order valence-electron chi connectivity index (χ3n) is 3.96. The minimum atomic E-state index is -0.583. The van der Waals surface area contributed by atoms with Gasteiger partial charge in [0.05, 0.1) is 4.47 Å². The Bertz CT molecular complexity index is 1070. The summed E-state index contributed by atoms with van der Waals surface area (Å²) in [6.07, 6.45) is 1.47. The zero-order valence-corrected chi connectivity index (χ0v) is 16.3. The van der Waals surface area contributed by atoms with Crippen molar-refractivity contribution in [3.8, 4) is 11.6 Å². The number of nitrogens with one attached hydrogen (secondary N) is 1. The van der Waals surface area contributed by atoms with Crippen molar-refractivity contribution >= 4 is 33.4 Å². The lowest BCUT2D eigenvalue weighted by Crippen LogP contribution is -2.17. The Hall–Kier alpha value is -3.26. The van der Waals surface area contributed by atoms with Crippen LogP contribution in [0.5, 0.6) is 11.6 Å². The van der Waals surface area contributed by atoms with E-state index in [9.17, 15) is 14.0 Å². The quantitative estimate of drug-likeness (QED) is 0.609. The highest BCUT2D eigenvalue weighted by atomic mass is 79.9. The molecule has 0 unspecified atom stereocenters. The van der Waals surface area contributed by atoms with Crippen molar-refractivity contribution in [2.24, 2.45) is 5.73 Å². The Morgan fingerprint density at radius 3 is 2.61 bits per heavy atom. The second kappa shape index (κ2) is 8.18. The molecule has 1 heterocycles. The second-order valence-electron chi connectivity index (χ2n) is 5.83. The molecular formula is C20H15BrFN3O3. The summed E-state index contributed by atoms with van der Waals surface area (Å²) < 4.78 is 19.3. The zero-order chi connectivity index (χ0) is 20.3. The zero-order valence-electron chi connectivity index (χ0n) is 14.7. The predicted octanol–water partition coefficient (Wildman–Crippen LogP) is 4.44. The van der Waals surface area contributed by atoms with Gasteiger partial charge in [-0.05, 0) is 70.9 Å². The van der Waals surface area contributed by atoms with Gasteiger partial charge in [0.15, 0.2) is 0 Å². The molecule has 0 radical (unpaired) electrons. The van der Waals surface area contributed by atoms with Crippen molar-refractivity contribution < 1.29 is 18.7 Å². The standard InChI is InChI=1S/C20H15BrFN3O3/c1-11-13(18(23)26)4-2-6-16(11)25-19(27)14-5-3-9-24-20(14)28-17-8-7-12(22)10-15(17)21/h2-10H,1H3,(H2,23,26)(H,25,27). The molecule has 6 nitrogen and oxygen atoms in total. The predicted molar refractivity (Wildman–Crippen MR) is 106 cm³/mol. The van der Waals surface area contributed by atoms with E-state index in [0.29, 0.717) is 27.0 Å². The summed E-state index contributed by atoms with van der Waals surface area (Å²) in [4.78, 5) is 28.4. The lowest BCUT2D eigenvalue weighted by molar-refractivity contribution is 0.0995. The molecule has 0 saturated carbocycles. The van der Waals surface area contributed by atoms with E-state index in [0.717, 1.165) is 0 Å². The van der Waals surface area contributed by atoms with E-state index in [4.69, 9.17) is 10.5 Å². The summed E-state index contributed by atoms with van der Waals surface area (Å²) in [5.41, 5.74) is 6.83. The Morgan fingerprint density at radius 1 is 1.14 bits per heavy atom. The van der Waals surface area contributed by atoms with Crippen LogP contribution in [0.4, 0.5) is 10.1 Å². The van der Waals surface area contributed by atoms with Crippen molar-refractivity contribution in [3.05, 3.63) is 81.7 Å². The number of hydrogen-bond donors (Lipinski definition) is 2. The van der Waals surface area contributed by atoms with E-state index in [-0.39, 0.29) is 11.4 Å². The molecule has 142 valence electrons. The van der Waals surface area contributed by atoms with Crippen molar-refractivity contribution in [1.82, 2.24) is 4.98 Å². The molecule has 28 heavy (non-hydrogen) atoms. The number of benzene rings is 2. The number of nitrogens with two attached hydrogens (primary N) is 1. The maximum atomic E-state index is 13.3. The molecule has 1 aromatic heterocycles. The van der Waals surface area contributed by atoms with Crippen molar-refractivity contribution in [1.29, 1.82) is 0 Å². The third kappa shape index (κ3) is 4.17. The number of halogens is 2. The van der Waals surface area contributed by atoms with Crippen molar-refractivity contribution in [2.75, 3.05) is 5.32 Å². The monoisotopic (exact) mass is 443 g/mol. The molecule has 3 rings (SSSR count). The van der Waals surface area contributed by atoms with Gasteiger partial charge in [-0.15, -0.1) is 0 Å². The van der Waals surface area contributed by atoms with E-state index in [1.807, 2.05) is 0 Å². The summed E-state index contributed by atoms with van der Waals surface area (Å²) in [7, 11) is 0. The molecule has 2 amide bonds. The minimum Gasteiger partial charge on any atom is -0.437 e. The molecule has 0 aliphatic carbocycles. The van der Waals surface area contributed by atoms with Gasteiger partial charge in [0, 0.05) is 17.4 Å². The van der Waals surface area contributed by atoms with Gasteiger partial charge in [0.2, 0.25) is 11.8 Å². The van der Waals surface area contributed by atoms with Crippen LogP contribution in [0, 0.1) is 12.7 Å². The fourth-order valence-electron chi connectivity index (χ4n) is 2.53. The van der Waals surface area contributed by atoms with Crippen LogP contribution in [-0.2, 0) is 0 Å². The molecular weight excluding hydrogens is 429 g/mol. The van der Waals surface area contributed by atoms with Crippen molar-refractivity contribution in [3.63, 3.8) is 0 Å². The Morgan fingerprint density at radius 2 is 1.89 bits per heavy atom. The van der Waals surface area contributed by atoms with Crippen LogP contribution in [0.15, 0.2) is 59.2 Å². The first kappa shape index (κ1) is 19.5. The molecule has 3 aromatic rings. The van der Waals surface area contributed by atoms with Gasteiger partial charge in [-0.2, -0.15) is 0 Å². The number of primary amides is 1. The normalized spacial score (nSPS) is 10.4. The van der Waals surface area contributed by atoms with Gasteiger partial charge in [0.25, 0.3) is 5.91 Å². The molecule has 0 atom stereocenters. The van der Waals surface area contributed by atoms with Crippen LogP contribution in [0.2, 0.25) is 0 Å². The van der Waals surface area contributed by atoms with Gasteiger partial charge in [-0.25, -0.2) is 9.37 Å². The van der Waals surface area contributed by atoms with Crippen LogP contribution in [-0.4, -0.2) is 16.8 Å². The average molecular weight is 444 g/mol. The molecule has 2 aromatic carbocycles. The van der Waals surface area contributed by atoms with Crippen LogP contribution >= 0.6 is 15.9 Å². The van der Waals surface area contributed by atoms with Crippen LogP contribution in [0.3, 0.4) is 0 Å². The smallest absolute Gasteiger partial charge is 0.261 e. The number of carbonyl (C=O) groups is 2. The number of amides is 2. The highest BCUT2D eigenvalue weighted by Gasteiger charge is 2.17. The van der Waals surface area contributed by atoms with Gasteiger partial charge in [0.1, 0.15) is 17.1 Å². The van der Waals surface area contributed by atoms with Crippen molar-refractivity contribution in [2.45, 2.75) is 6.92 Å². The number of rotatable bonds is 5. The minimum absolute atomic E-state index is 0.0519. The number of carbonyl (C=O) groups excluding carboxylic acids is 2. The first-order chi connectivity index (χ1) is 13.4. The molecule has 0 spiro atoms. The summed E-state index contributed by atoms with van der Waals surface area (Å²) in [5.74, 6) is -1.13. The molecule has 0 aliphatic rings. The van der Waals surface area contributed by atoms with Crippen LogP contribution in [0.25, 0.3) is 0 Å². The number of hydrogen-bond acceptors (Lipinski definition) is 4. The van der Waals surface area contributed by atoms with E-state index in [1.54, 1.807) is 37.3 Å². The van der Waals surface area contributed by atoms with Gasteiger partial charge < -0.3 is 15.8 Å². The van der Waals surface area contributed by atoms with Crippen LogP contribution < -0.4 is 15.8 Å². The summed E-state index contributed by atoms with van der Waals surface area (Å²) in [6.45, 7) is 1.69. The Balaban J connectivity index is 1.90. The SMILES string of the molecule is Cc1c(NC(=O)c2cccnc2Oc2ccc(F)cc2Br)cccc1C(N)=O. The largest absolute Gasteiger partial charge is 0.437 e.